The van der Waals surface area contributed by atoms with Crippen molar-refractivity contribution in [3.8, 4) is 0 Å². The first-order valence-corrected chi connectivity index (χ1v) is 6.81. The van der Waals surface area contributed by atoms with Crippen LogP contribution in [0.5, 0.6) is 0 Å². The van der Waals surface area contributed by atoms with E-state index in [4.69, 9.17) is 23.8 Å². The molecule has 0 atom stereocenters. The highest BCUT2D eigenvalue weighted by atomic mass is 79.9. The summed E-state index contributed by atoms with van der Waals surface area (Å²) in [5.41, 5.74) is 1.69. The number of hydrogen-bond acceptors (Lipinski definition) is 1. The monoisotopic (exact) mass is 340 g/mol. The van der Waals surface area contributed by atoms with Crippen molar-refractivity contribution in [3.05, 3.63) is 58.0 Å². The second-order valence-electron chi connectivity index (χ2n) is 3.57. The lowest BCUT2D eigenvalue weighted by Gasteiger charge is -2.11. The minimum atomic E-state index is 0.501. The average molecular weight is 342 g/mol. The molecule has 2 nitrogen and oxygen atoms in total. The van der Waals surface area contributed by atoms with Crippen LogP contribution in [0.1, 0.15) is 0 Å². The van der Waals surface area contributed by atoms with Crippen molar-refractivity contribution in [2.75, 3.05) is 10.6 Å². The standard InChI is InChI=1S/C13H10BrClN2S/c14-9-6-7-11(15)12(8-9)17-13(18)16-10-4-2-1-3-5-10/h1-8H,(H2,16,17,18). The largest absolute Gasteiger partial charge is 0.332 e. The molecule has 0 radical (unpaired) electrons. The molecule has 0 aliphatic carbocycles. The second-order valence-corrected chi connectivity index (χ2v) is 5.30. The van der Waals surface area contributed by atoms with Crippen molar-refractivity contribution < 1.29 is 0 Å². The van der Waals surface area contributed by atoms with Crippen LogP contribution in [0.15, 0.2) is 53.0 Å². The van der Waals surface area contributed by atoms with Gasteiger partial charge in [-0.15, -0.1) is 0 Å². The Hall–Kier alpha value is -1.10. The van der Waals surface area contributed by atoms with Gasteiger partial charge in [-0.05, 0) is 42.5 Å². The van der Waals surface area contributed by atoms with E-state index < -0.39 is 0 Å². The first-order valence-electron chi connectivity index (χ1n) is 5.23. The third-order valence-electron chi connectivity index (χ3n) is 2.21. The van der Waals surface area contributed by atoms with Gasteiger partial charge >= 0.3 is 0 Å². The van der Waals surface area contributed by atoms with E-state index in [1.165, 1.54) is 0 Å². The van der Waals surface area contributed by atoms with Crippen molar-refractivity contribution in [1.29, 1.82) is 0 Å². The molecular weight excluding hydrogens is 332 g/mol. The van der Waals surface area contributed by atoms with Crippen LogP contribution in [0.2, 0.25) is 5.02 Å². The molecule has 2 N–H and O–H groups in total. The summed E-state index contributed by atoms with van der Waals surface area (Å²) in [5, 5.41) is 7.26. The van der Waals surface area contributed by atoms with Crippen molar-refractivity contribution in [1.82, 2.24) is 0 Å². The first kappa shape index (κ1) is 13.3. The molecule has 0 aliphatic heterocycles. The molecule has 0 spiro atoms. The SMILES string of the molecule is S=C(Nc1ccccc1)Nc1cc(Br)ccc1Cl. The Morgan fingerprint density at radius 3 is 2.50 bits per heavy atom. The van der Waals surface area contributed by atoms with Crippen molar-refractivity contribution in [2.45, 2.75) is 0 Å². The number of para-hydroxylation sites is 1. The Labute approximate surface area is 124 Å². The lowest BCUT2D eigenvalue weighted by molar-refractivity contribution is 1.58. The summed E-state index contributed by atoms with van der Waals surface area (Å²) in [6, 6.07) is 15.3. The van der Waals surface area contributed by atoms with Crippen LogP contribution in [0.25, 0.3) is 0 Å². The van der Waals surface area contributed by atoms with Crippen LogP contribution in [0, 0.1) is 0 Å². The number of hydrogen-bond donors (Lipinski definition) is 2. The van der Waals surface area contributed by atoms with E-state index in [1.54, 1.807) is 6.07 Å². The van der Waals surface area contributed by atoms with Crippen LogP contribution >= 0.6 is 39.7 Å². The van der Waals surface area contributed by atoms with Gasteiger partial charge in [-0.25, -0.2) is 0 Å². The fourth-order valence-electron chi connectivity index (χ4n) is 1.40. The number of halogens is 2. The number of thiocarbonyl (C=S) groups is 1. The van der Waals surface area contributed by atoms with Gasteiger partial charge in [-0.2, -0.15) is 0 Å². The van der Waals surface area contributed by atoms with Crippen LogP contribution in [-0.2, 0) is 0 Å². The molecule has 0 amide bonds. The predicted molar refractivity (Wildman–Crippen MR) is 85.4 cm³/mol. The molecule has 2 rings (SSSR count). The minimum absolute atomic E-state index is 0.501. The molecule has 0 saturated carbocycles. The maximum atomic E-state index is 6.07. The molecule has 2 aromatic carbocycles. The van der Waals surface area contributed by atoms with Gasteiger partial charge in [-0.1, -0.05) is 45.7 Å². The number of rotatable bonds is 2. The molecule has 18 heavy (non-hydrogen) atoms. The second kappa shape index (κ2) is 6.18. The van der Waals surface area contributed by atoms with E-state index in [9.17, 15) is 0 Å². The highest BCUT2D eigenvalue weighted by molar-refractivity contribution is 9.10. The normalized spacial score (nSPS) is 9.89. The van der Waals surface area contributed by atoms with E-state index in [2.05, 4.69) is 26.6 Å². The minimum Gasteiger partial charge on any atom is -0.332 e. The summed E-state index contributed by atoms with van der Waals surface area (Å²) < 4.78 is 0.942. The smallest absolute Gasteiger partial charge is 0.175 e. The summed E-state index contributed by atoms with van der Waals surface area (Å²) in [7, 11) is 0. The molecule has 92 valence electrons. The van der Waals surface area contributed by atoms with Gasteiger partial charge < -0.3 is 10.6 Å². The topological polar surface area (TPSA) is 24.1 Å². The molecule has 0 saturated heterocycles. The molecule has 0 heterocycles. The van der Waals surface area contributed by atoms with Crippen LogP contribution in [0.4, 0.5) is 11.4 Å². The Bertz CT molecular complexity index is 560. The zero-order valence-electron chi connectivity index (χ0n) is 9.28. The quantitative estimate of drug-likeness (QED) is 0.759. The van der Waals surface area contributed by atoms with E-state index in [0.29, 0.717) is 10.1 Å². The molecule has 5 heteroatoms. The van der Waals surface area contributed by atoms with Gasteiger partial charge in [0.15, 0.2) is 5.11 Å². The van der Waals surface area contributed by atoms with Gasteiger partial charge in [0.1, 0.15) is 0 Å². The summed E-state index contributed by atoms with van der Waals surface area (Å²) in [4.78, 5) is 0. The van der Waals surface area contributed by atoms with Gasteiger partial charge in [0, 0.05) is 10.2 Å². The Kier molecular flexibility index (Phi) is 4.58. The van der Waals surface area contributed by atoms with E-state index in [-0.39, 0.29) is 0 Å². The Morgan fingerprint density at radius 2 is 1.78 bits per heavy atom. The molecular formula is C13H10BrClN2S. The summed E-state index contributed by atoms with van der Waals surface area (Å²) in [6.07, 6.45) is 0. The molecule has 2 aromatic rings. The van der Waals surface area contributed by atoms with Crippen molar-refractivity contribution >= 4 is 56.2 Å². The molecule has 0 unspecified atom stereocenters. The van der Waals surface area contributed by atoms with Crippen LogP contribution in [0.3, 0.4) is 0 Å². The van der Waals surface area contributed by atoms with E-state index in [1.807, 2.05) is 42.5 Å². The average Bonchev–Trinajstić information content (AvgIpc) is 2.35. The first-order chi connectivity index (χ1) is 8.65. The Balaban J connectivity index is 2.05. The van der Waals surface area contributed by atoms with E-state index in [0.717, 1.165) is 15.8 Å². The van der Waals surface area contributed by atoms with Crippen molar-refractivity contribution in [2.24, 2.45) is 0 Å². The predicted octanol–water partition coefficient (Wildman–Crippen LogP) is 4.91. The highest BCUT2D eigenvalue weighted by Gasteiger charge is 2.03. The van der Waals surface area contributed by atoms with Gasteiger partial charge in [0.25, 0.3) is 0 Å². The summed E-state index contributed by atoms with van der Waals surface area (Å²) >= 11 is 14.7. The maximum absolute atomic E-state index is 6.07. The van der Waals surface area contributed by atoms with Crippen molar-refractivity contribution in [3.63, 3.8) is 0 Å². The molecule has 0 aromatic heterocycles. The van der Waals surface area contributed by atoms with Gasteiger partial charge in [-0.3, -0.25) is 0 Å². The third kappa shape index (κ3) is 3.70. The third-order valence-corrected chi connectivity index (χ3v) is 3.24. The molecule has 0 aliphatic rings. The summed E-state index contributed by atoms with van der Waals surface area (Å²) in [6.45, 7) is 0. The zero-order chi connectivity index (χ0) is 13.0. The van der Waals surface area contributed by atoms with Crippen LogP contribution < -0.4 is 10.6 Å². The number of nitrogens with one attached hydrogen (secondary N) is 2. The lowest BCUT2D eigenvalue weighted by atomic mass is 10.3. The highest BCUT2D eigenvalue weighted by Crippen LogP contribution is 2.25. The maximum Gasteiger partial charge on any atom is 0.175 e. The fourth-order valence-corrected chi connectivity index (χ4v) is 2.15. The fraction of sp³-hybridized carbons (Fsp3) is 0. The molecule has 0 fully saturated rings. The summed E-state index contributed by atoms with van der Waals surface area (Å²) in [5.74, 6) is 0. The Morgan fingerprint density at radius 1 is 1.06 bits per heavy atom. The van der Waals surface area contributed by atoms with Gasteiger partial charge in [0.05, 0.1) is 10.7 Å². The number of anilines is 2. The van der Waals surface area contributed by atoms with Gasteiger partial charge in [0.2, 0.25) is 0 Å². The number of benzene rings is 2. The van der Waals surface area contributed by atoms with Crippen LogP contribution in [-0.4, -0.2) is 5.11 Å². The molecule has 0 bridgehead atoms. The zero-order valence-corrected chi connectivity index (χ0v) is 12.4. The van der Waals surface area contributed by atoms with E-state index >= 15 is 0 Å². The lowest BCUT2D eigenvalue weighted by Crippen LogP contribution is -2.19.